The van der Waals surface area contributed by atoms with Crippen LogP contribution in [-0.2, 0) is 6.61 Å². The van der Waals surface area contributed by atoms with Crippen LogP contribution in [0.2, 0.25) is 0 Å². The Balaban J connectivity index is 2.34. The molecule has 0 fully saturated rings. The van der Waals surface area contributed by atoms with Gasteiger partial charge in [-0.3, -0.25) is 10.1 Å². The molecule has 0 aromatic heterocycles. The Bertz CT molecular complexity index is 698. The van der Waals surface area contributed by atoms with Crippen molar-refractivity contribution in [2.45, 2.75) is 6.61 Å². The Morgan fingerprint density at radius 3 is 2.52 bits per heavy atom. The van der Waals surface area contributed by atoms with E-state index in [0.717, 1.165) is 12.1 Å². The monoisotopic (exact) mass is 289 g/mol. The maximum absolute atomic E-state index is 11.0. The predicted octanol–water partition coefficient (Wildman–Crippen LogP) is 2.58. The van der Waals surface area contributed by atoms with E-state index in [4.69, 9.17) is 14.9 Å². The number of carboxylic acid groups (broad SMARTS) is 1. The summed E-state index contributed by atoms with van der Waals surface area (Å²) < 4.78 is 5.45. The van der Waals surface area contributed by atoms with E-state index in [1.54, 1.807) is 24.3 Å². The van der Waals surface area contributed by atoms with Gasteiger partial charge in [-0.15, -0.1) is 0 Å². The summed E-state index contributed by atoms with van der Waals surface area (Å²) in [6.07, 6.45) is 0. The third kappa shape index (κ3) is 3.34. The summed E-state index contributed by atoms with van der Waals surface area (Å²) in [6.45, 7) is -0.155. The fourth-order valence-electron chi connectivity index (χ4n) is 1.75. The van der Waals surface area contributed by atoms with E-state index in [-0.39, 0.29) is 12.4 Å². The lowest BCUT2D eigenvalue weighted by atomic mass is 10.1. The van der Waals surface area contributed by atoms with Gasteiger partial charge in [-0.2, -0.15) is 0 Å². The first-order chi connectivity index (χ1) is 10.0. The molecule has 2 aromatic rings. The van der Waals surface area contributed by atoms with E-state index >= 15 is 0 Å². The van der Waals surface area contributed by atoms with E-state index in [1.165, 1.54) is 6.07 Å². The minimum atomic E-state index is -1.41. The van der Waals surface area contributed by atoms with Gasteiger partial charge < -0.3 is 14.9 Å². The average Bonchev–Trinajstić information content (AvgIpc) is 2.47. The number of rotatable bonds is 5. The molecule has 21 heavy (non-hydrogen) atoms. The number of nitro groups is 1. The van der Waals surface area contributed by atoms with Crippen LogP contribution in [0, 0.1) is 10.1 Å². The van der Waals surface area contributed by atoms with Crippen LogP contribution in [0.5, 0.6) is 11.5 Å². The molecular formula is C14H11NO6. The third-order valence-electron chi connectivity index (χ3n) is 2.71. The van der Waals surface area contributed by atoms with Crippen molar-refractivity contribution in [2.24, 2.45) is 0 Å². The summed E-state index contributed by atoms with van der Waals surface area (Å²) >= 11 is 0. The molecule has 0 aliphatic heterocycles. The second-order valence-corrected chi connectivity index (χ2v) is 4.15. The summed E-state index contributed by atoms with van der Waals surface area (Å²) in [6, 6.07) is 10.1. The molecule has 0 aliphatic rings. The standard InChI is InChI=1S/C14H11NO6/c16-8-9-2-1-3-10(6-9)21-11-4-5-13(15(19)20)12(7-11)14(17)18/h1-7,16H,8H2,(H,17,18). The smallest absolute Gasteiger partial charge is 0.342 e. The lowest BCUT2D eigenvalue weighted by Gasteiger charge is -2.07. The van der Waals surface area contributed by atoms with Gasteiger partial charge >= 0.3 is 5.97 Å². The second kappa shape index (κ2) is 6.02. The molecule has 0 spiro atoms. The number of carbonyl (C=O) groups is 1. The van der Waals surface area contributed by atoms with E-state index < -0.39 is 22.1 Å². The van der Waals surface area contributed by atoms with Gasteiger partial charge in [-0.1, -0.05) is 12.1 Å². The highest BCUT2D eigenvalue weighted by molar-refractivity contribution is 5.92. The molecule has 0 heterocycles. The predicted molar refractivity (Wildman–Crippen MR) is 72.5 cm³/mol. The van der Waals surface area contributed by atoms with Crippen molar-refractivity contribution < 1.29 is 24.7 Å². The average molecular weight is 289 g/mol. The lowest BCUT2D eigenvalue weighted by molar-refractivity contribution is -0.385. The van der Waals surface area contributed by atoms with Gasteiger partial charge in [0, 0.05) is 12.1 Å². The number of aromatic carboxylic acids is 1. The maximum Gasteiger partial charge on any atom is 0.342 e. The van der Waals surface area contributed by atoms with Crippen molar-refractivity contribution in [3.8, 4) is 11.5 Å². The molecule has 2 N–H and O–H groups in total. The first-order valence-electron chi connectivity index (χ1n) is 5.90. The molecule has 0 amide bonds. The van der Waals surface area contributed by atoms with Crippen LogP contribution in [-0.4, -0.2) is 21.1 Å². The lowest BCUT2D eigenvalue weighted by Crippen LogP contribution is -2.02. The van der Waals surface area contributed by atoms with Gasteiger partial charge in [0.15, 0.2) is 0 Å². The molecule has 108 valence electrons. The highest BCUT2D eigenvalue weighted by atomic mass is 16.6. The van der Waals surface area contributed by atoms with Crippen molar-refractivity contribution in [3.63, 3.8) is 0 Å². The van der Waals surface area contributed by atoms with Crippen molar-refractivity contribution in [3.05, 3.63) is 63.7 Å². The molecule has 0 saturated carbocycles. The maximum atomic E-state index is 11.0. The Kier molecular flexibility index (Phi) is 4.15. The highest BCUT2D eigenvalue weighted by Crippen LogP contribution is 2.28. The van der Waals surface area contributed by atoms with Crippen LogP contribution < -0.4 is 4.74 Å². The number of ether oxygens (including phenoxy) is 1. The summed E-state index contributed by atoms with van der Waals surface area (Å²) in [5, 5.41) is 28.8. The summed E-state index contributed by atoms with van der Waals surface area (Å²) in [7, 11) is 0. The van der Waals surface area contributed by atoms with Gasteiger partial charge in [0.1, 0.15) is 17.1 Å². The van der Waals surface area contributed by atoms with Crippen molar-refractivity contribution in [1.29, 1.82) is 0 Å². The molecule has 0 atom stereocenters. The van der Waals surface area contributed by atoms with E-state index in [1.807, 2.05) is 0 Å². The molecule has 0 bridgehead atoms. The third-order valence-corrected chi connectivity index (χ3v) is 2.71. The van der Waals surface area contributed by atoms with Crippen LogP contribution >= 0.6 is 0 Å². The first kappa shape index (κ1) is 14.5. The Morgan fingerprint density at radius 2 is 1.90 bits per heavy atom. The Morgan fingerprint density at radius 1 is 1.19 bits per heavy atom. The number of aliphatic hydroxyl groups is 1. The number of benzene rings is 2. The van der Waals surface area contributed by atoms with E-state index in [0.29, 0.717) is 11.3 Å². The SMILES string of the molecule is O=C(O)c1cc(Oc2cccc(CO)c2)ccc1[N+](=O)[O-]. The van der Waals surface area contributed by atoms with E-state index in [2.05, 4.69) is 0 Å². The topological polar surface area (TPSA) is 110 Å². The molecule has 0 aliphatic carbocycles. The molecule has 7 nitrogen and oxygen atoms in total. The summed E-state index contributed by atoms with van der Waals surface area (Å²) in [5.74, 6) is -0.851. The molecular weight excluding hydrogens is 278 g/mol. The Labute approximate surface area is 119 Å². The second-order valence-electron chi connectivity index (χ2n) is 4.15. The number of hydrogen-bond donors (Lipinski definition) is 2. The van der Waals surface area contributed by atoms with Gasteiger partial charge in [-0.25, -0.2) is 4.79 Å². The van der Waals surface area contributed by atoms with Crippen LogP contribution in [0.4, 0.5) is 5.69 Å². The molecule has 2 aromatic carbocycles. The zero-order valence-electron chi connectivity index (χ0n) is 10.7. The molecule has 0 saturated heterocycles. The largest absolute Gasteiger partial charge is 0.477 e. The Hall–Kier alpha value is -2.93. The number of nitrogens with zero attached hydrogens (tertiary/aromatic N) is 1. The zero-order valence-corrected chi connectivity index (χ0v) is 10.7. The van der Waals surface area contributed by atoms with Gasteiger partial charge in [0.25, 0.3) is 5.69 Å². The number of hydrogen-bond acceptors (Lipinski definition) is 5. The van der Waals surface area contributed by atoms with Crippen LogP contribution in [0.3, 0.4) is 0 Å². The molecule has 0 unspecified atom stereocenters. The fraction of sp³-hybridized carbons (Fsp3) is 0.0714. The summed E-state index contributed by atoms with van der Waals surface area (Å²) in [4.78, 5) is 21.0. The quantitative estimate of drug-likeness (QED) is 0.646. The van der Waals surface area contributed by atoms with Gasteiger partial charge in [-0.05, 0) is 23.8 Å². The number of aliphatic hydroxyl groups excluding tert-OH is 1. The van der Waals surface area contributed by atoms with Crippen LogP contribution in [0.25, 0.3) is 0 Å². The van der Waals surface area contributed by atoms with Crippen LogP contribution in [0.15, 0.2) is 42.5 Å². The number of nitro benzene ring substituents is 1. The fourth-order valence-corrected chi connectivity index (χ4v) is 1.75. The normalized spacial score (nSPS) is 10.1. The van der Waals surface area contributed by atoms with Crippen molar-refractivity contribution >= 4 is 11.7 Å². The van der Waals surface area contributed by atoms with Gasteiger partial charge in [0.2, 0.25) is 0 Å². The molecule has 0 radical (unpaired) electrons. The van der Waals surface area contributed by atoms with Crippen LogP contribution in [0.1, 0.15) is 15.9 Å². The molecule has 7 heteroatoms. The first-order valence-corrected chi connectivity index (χ1v) is 5.90. The highest BCUT2D eigenvalue weighted by Gasteiger charge is 2.20. The van der Waals surface area contributed by atoms with Crippen molar-refractivity contribution in [2.75, 3.05) is 0 Å². The van der Waals surface area contributed by atoms with Gasteiger partial charge in [0.05, 0.1) is 11.5 Å². The number of carboxylic acids is 1. The minimum absolute atomic E-state index is 0.155. The minimum Gasteiger partial charge on any atom is -0.477 e. The summed E-state index contributed by atoms with van der Waals surface area (Å²) in [5.41, 5.74) is -0.317. The zero-order chi connectivity index (χ0) is 15.4. The molecule has 2 rings (SSSR count). The van der Waals surface area contributed by atoms with E-state index in [9.17, 15) is 14.9 Å². The van der Waals surface area contributed by atoms with Crippen molar-refractivity contribution in [1.82, 2.24) is 0 Å².